The minimum Gasteiger partial charge on any atom is -0.310 e. The topological polar surface area (TPSA) is 83.9 Å². The second kappa shape index (κ2) is 7.89. The van der Waals surface area contributed by atoms with Gasteiger partial charge in [-0.3, -0.25) is 9.78 Å². The van der Waals surface area contributed by atoms with Gasteiger partial charge < -0.3 is 10.2 Å². The van der Waals surface area contributed by atoms with Gasteiger partial charge in [-0.15, -0.1) is 10.2 Å². The summed E-state index contributed by atoms with van der Waals surface area (Å²) >= 11 is 1.51. The monoisotopic (exact) mass is 396 g/mol. The van der Waals surface area contributed by atoms with Crippen LogP contribution >= 0.6 is 11.3 Å². The summed E-state index contributed by atoms with van der Waals surface area (Å²) in [5.41, 5.74) is 0.781. The molecule has 1 saturated carbocycles. The molecule has 8 heteroatoms. The van der Waals surface area contributed by atoms with Gasteiger partial charge in [0.1, 0.15) is 16.5 Å². The Morgan fingerprint density at radius 1 is 1.07 bits per heavy atom. The van der Waals surface area contributed by atoms with Crippen LogP contribution in [0.3, 0.4) is 0 Å². The number of amides is 1. The summed E-state index contributed by atoms with van der Waals surface area (Å²) in [4.78, 5) is 23.8. The Hall–Kier alpha value is -2.45. The van der Waals surface area contributed by atoms with Crippen LogP contribution in [-0.4, -0.2) is 51.1 Å². The zero-order chi connectivity index (χ0) is 19.7. The number of aryl methyl sites for hydroxylation is 1. The van der Waals surface area contributed by atoms with E-state index in [1.54, 1.807) is 12.4 Å². The number of hydrogen-bond acceptors (Lipinski definition) is 7. The lowest BCUT2D eigenvalue weighted by Crippen LogP contribution is -2.35. The van der Waals surface area contributed by atoms with E-state index in [1.807, 2.05) is 19.1 Å². The van der Waals surface area contributed by atoms with Gasteiger partial charge >= 0.3 is 0 Å². The second-order valence-electron chi connectivity index (χ2n) is 7.57. The maximum Gasteiger partial charge on any atom is 0.228 e. The first-order valence-electron chi connectivity index (χ1n) is 9.53. The lowest BCUT2D eigenvalue weighted by Gasteiger charge is -2.31. The molecule has 1 aliphatic rings. The molecule has 28 heavy (non-hydrogen) atoms. The first-order chi connectivity index (χ1) is 13.5. The molecule has 1 amide bonds. The van der Waals surface area contributed by atoms with Crippen molar-refractivity contribution in [2.75, 3.05) is 19.4 Å². The zero-order valence-electron chi connectivity index (χ0n) is 16.3. The van der Waals surface area contributed by atoms with Crippen LogP contribution in [0.2, 0.25) is 0 Å². The van der Waals surface area contributed by atoms with Crippen molar-refractivity contribution in [3.63, 3.8) is 0 Å². The number of nitrogens with one attached hydrogen (secondary N) is 1. The molecule has 1 N–H and O–H groups in total. The van der Waals surface area contributed by atoms with Crippen molar-refractivity contribution in [2.45, 2.75) is 38.6 Å². The molecular weight excluding hydrogens is 372 g/mol. The van der Waals surface area contributed by atoms with Crippen LogP contribution in [0.5, 0.6) is 0 Å². The highest BCUT2D eigenvalue weighted by molar-refractivity contribution is 7.14. The van der Waals surface area contributed by atoms with Gasteiger partial charge in [0, 0.05) is 29.7 Å². The average Bonchev–Trinajstić information content (AvgIpc) is 3.14. The first kappa shape index (κ1) is 18.9. The van der Waals surface area contributed by atoms with E-state index in [0.29, 0.717) is 11.9 Å². The number of fused-ring (bicyclic) bond motifs is 1. The Morgan fingerprint density at radius 3 is 2.50 bits per heavy atom. The number of nitrogens with zero attached hydrogens (tertiary/aromatic N) is 5. The maximum absolute atomic E-state index is 12.7. The normalized spacial score (nSPS) is 19.9. The van der Waals surface area contributed by atoms with Gasteiger partial charge in [-0.2, -0.15) is 0 Å². The van der Waals surface area contributed by atoms with Crippen LogP contribution in [-0.2, 0) is 4.79 Å². The Bertz CT molecular complexity index is 993. The Kier molecular flexibility index (Phi) is 5.32. The Labute approximate surface area is 168 Å². The van der Waals surface area contributed by atoms with Gasteiger partial charge in [-0.05, 0) is 64.2 Å². The molecule has 146 valence electrons. The highest BCUT2D eigenvalue weighted by Crippen LogP contribution is 2.28. The lowest BCUT2D eigenvalue weighted by molar-refractivity contribution is -0.121. The number of hydrogen-bond donors (Lipinski definition) is 1. The molecule has 3 aromatic heterocycles. The molecule has 0 spiro atoms. The van der Waals surface area contributed by atoms with Crippen LogP contribution in [0.15, 0.2) is 24.5 Å². The molecule has 1 fully saturated rings. The molecule has 1 aliphatic carbocycles. The van der Waals surface area contributed by atoms with Gasteiger partial charge in [0.2, 0.25) is 5.91 Å². The van der Waals surface area contributed by atoms with Crippen LogP contribution in [0.25, 0.3) is 21.5 Å². The highest BCUT2D eigenvalue weighted by Gasteiger charge is 2.27. The molecular formula is C20H24N6OS. The van der Waals surface area contributed by atoms with E-state index >= 15 is 0 Å². The molecule has 0 saturated heterocycles. The molecule has 0 aromatic carbocycles. The molecule has 3 aromatic rings. The minimum atomic E-state index is 0.0612. The predicted octanol–water partition coefficient (Wildman–Crippen LogP) is 3.52. The van der Waals surface area contributed by atoms with E-state index < -0.39 is 0 Å². The van der Waals surface area contributed by atoms with Crippen molar-refractivity contribution in [3.8, 4) is 10.7 Å². The summed E-state index contributed by atoms with van der Waals surface area (Å²) in [6.45, 7) is 1.92. The van der Waals surface area contributed by atoms with E-state index in [1.165, 1.54) is 11.3 Å². The van der Waals surface area contributed by atoms with Gasteiger partial charge in [-0.1, -0.05) is 11.3 Å². The zero-order valence-corrected chi connectivity index (χ0v) is 17.2. The van der Waals surface area contributed by atoms with Crippen LogP contribution in [0, 0.1) is 12.8 Å². The van der Waals surface area contributed by atoms with Crippen molar-refractivity contribution in [3.05, 3.63) is 29.5 Å². The van der Waals surface area contributed by atoms with E-state index in [2.05, 4.69) is 44.5 Å². The predicted molar refractivity (Wildman–Crippen MR) is 111 cm³/mol. The molecule has 7 nitrogen and oxygen atoms in total. The van der Waals surface area contributed by atoms with Gasteiger partial charge in [0.05, 0.1) is 0 Å². The summed E-state index contributed by atoms with van der Waals surface area (Å²) in [7, 11) is 4.21. The van der Waals surface area contributed by atoms with Crippen molar-refractivity contribution in [1.29, 1.82) is 0 Å². The summed E-state index contributed by atoms with van der Waals surface area (Å²) in [6, 6.07) is 4.45. The van der Waals surface area contributed by atoms with E-state index in [4.69, 9.17) is 0 Å². The van der Waals surface area contributed by atoms with Crippen molar-refractivity contribution in [1.82, 2.24) is 25.1 Å². The SMILES string of the molecule is Cc1nnc(-c2cc3cc(NC(=O)[C@H]4CC[C@H](N(C)C)CC4)ncc3cn2)s1. The number of aromatic nitrogens is 4. The maximum atomic E-state index is 12.7. The fourth-order valence-electron chi connectivity index (χ4n) is 3.71. The molecule has 4 rings (SSSR count). The number of rotatable bonds is 4. The smallest absolute Gasteiger partial charge is 0.228 e. The second-order valence-corrected chi connectivity index (χ2v) is 8.75. The third kappa shape index (κ3) is 4.02. The van der Waals surface area contributed by atoms with Gasteiger partial charge in [0.15, 0.2) is 5.01 Å². The fraction of sp³-hybridized carbons (Fsp3) is 0.450. The average molecular weight is 397 g/mol. The molecule has 0 atom stereocenters. The van der Waals surface area contributed by atoms with Gasteiger partial charge in [-0.25, -0.2) is 4.98 Å². The molecule has 0 aliphatic heterocycles. The summed E-state index contributed by atoms with van der Waals surface area (Å²) in [6.07, 6.45) is 7.50. The number of anilines is 1. The van der Waals surface area contributed by atoms with Crippen LogP contribution in [0.4, 0.5) is 5.82 Å². The standard InChI is InChI=1S/C20H24N6OS/c1-12-24-25-20(28-12)17-8-14-9-18(22-11-15(14)10-21-17)23-19(27)13-4-6-16(7-5-13)26(2)3/h8-11,13,16H,4-7H2,1-3H3,(H,22,23,27)/t13-,16-. The van der Waals surface area contributed by atoms with Gasteiger partial charge in [0.25, 0.3) is 0 Å². The molecule has 0 unspecified atom stereocenters. The quantitative estimate of drug-likeness (QED) is 0.726. The Balaban J connectivity index is 1.49. The first-order valence-corrected chi connectivity index (χ1v) is 10.3. The molecule has 0 radical (unpaired) electrons. The molecule has 3 heterocycles. The third-order valence-electron chi connectivity index (χ3n) is 5.40. The summed E-state index contributed by atoms with van der Waals surface area (Å²) in [5, 5.41) is 14.8. The molecule has 0 bridgehead atoms. The highest BCUT2D eigenvalue weighted by atomic mass is 32.1. The minimum absolute atomic E-state index is 0.0612. The van der Waals surface area contributed by atoms with Crippen LogP contribution in [0.1, 0.15) is 30.7 Å². The number of pyridine rings is 2. The summed E-state index contributed by atoms with van der Waals surface area (Å²) in [5.74, 6) is 0.710. The van der Waals surface area contributed by atoms with Crippen molar-refractivity contribution >= 4 is 33.8 Å². The van der Waals surface area contributed by atoms with Crippen molar-refractivity contribution in [2.24, 2.45) is 5.92 Å². The lowest BCUT2D eigenvalue weighted by atomic mass is 9.85. The van der Waals surface area contributed by atoms with E-state index in [-0.39, 0.29) is 11.8 Å². The summed E-state index contributed by atoms with van der Waals surface area (Å²) < 4.78 is 0. The van der Waals surface area contributed by atoms with E-state index in [9.17, 15) is 4.79 Å². The van der Waals surface area contributed by atoms with Crippen molar-refractivity contribution < 1.29 is 4.79 Å². The Morgan fingerprint density at radius 2 is 1.82 bits per heavy atom. The third-order valence-corrected chi connectivity index (χ3v) is 6.26. The number of carbonyl (C=O) groups is 1. The largest absolute Gasteiger partial charge is 0.310 e. The van der Waals surface area contributed by atoms with E-state index in [0.717, 1.165) is 52.2 Å². The fourth-order valence-corrected chi connectivity index (χ4v) is 4.37. The van der Waals surface area contributed by atoms with Crippen LogP contribution < -0.4 is 5.32 Å². The number of carbonyl (C=O) groups excluding carboxylic acids is 1.